The lowest BCUT2D eigenvalue weighted by atomic mass is 10.1. The molecule has 0 bridgehead atoms. The van der Waals surface area contributed by atoms with Crippen molar-refractivity contribution in [2.75, 3.05) is 0 Å². The van der Waals surface area contributed by atoms with Crippen molar-refractivity contribution < 1.29 is 4.79 Å². The van der Waals surface area contributed by atoms with E-state index in [1.807, 2.05) is 0 Å². The van der Waals surface area contributed by atoms with E-state index in [2.05, 4.69) is 38.7 Å². The van der Waals surface area contributed by atoms with Gasteiger partial charge in [-0.05, 0) is 36.5 Å². The van der Waals surface area contributed by atoms with E-state index in [4.69, 9.17) is 5.73 Å². The second-order valence-corrected chi connectivity index (χ2v) is 3.96. The van der Waals surface area contributed by atoms with Gasteiger partial charge in [0.25, 0.3) is 0 Å². The second kappa shape index (κ2) is 5.57. The van der Waals surface area contributed by atoms with Gasteiger partial charge in [-0.15, -0.1) is 0 Å². The van der Waals surface area contributed by atoms with Crippen LogP contribution in [0.2, 0.25) is 0 Å². The Bertz CT molecular complexity index is 402. The average Bonchev–Trinajstić information content (AvgIpc) is 2.18. The predicted molar refractivity (Wildman–Crippen MR) is 66.9 cm³/mol. The Labute approximate surface area is 101 Å². The summed E-state index contributed by atoms with van der Waals surface area (Å²) >= 11 is 7.79. The molecule has 0 radical (unpaired) electrons. The molecule has 0 aliphatic rings. The highest BCUT2D eigenvalue weighted by atomic mass is 79.9. The molecule has 0 saturated heterocycles. The van der Waals surface area contributed by atoms with Crippen molar-refractivity contribution >= 4 is 45.3 Å². The normalized spacial score (nSPS) is 10.2. The van der Waals surface area contributed by atoms with Crippen LogP contribution in [-0.4, -0.2) is 17.1 Å². The van der Waals surface area contributed by atoms with E-state index >= 15 is 0 Å². The highest BCUT2D eigenvalue weighted by Crippen LogP contribution is 2.10. The minimum atomic E-state index is -0.216. The van der Waals surface area contributed by atoms with Crippen molar-refractivity contribution in [3.05, 3.63) is 34.3 Å². The third-order valence-corrected chi connectivity index (χ3v) is 2.11. The molecule has 0 aliphatic carbocycles. The molecule has 0 saturated carbocycles. The van der Waals surface area contributed by atoms with Crippen LogP contribution < -0.4 is 11.2 Å². The van der Waals surface area contributed by atoms with Crippen LogP contribution in [0.15, 0.2) is 33.8 Å². The zero-order valence-corrected chi connectivity index (χ0v) is 10.0. The van der Waals surface area contributed by atoms with Gasteiger partial charge in [0.15, 0.2) is 5.11 Å². The van der Waals surface area contributed by atoms with E-state index in [-0.39, 0.29) is 10.9 Å². The average molecular weight is 286 g/mol. The van der Waals surface area contributed by atoms with Crippen molar-refractivity contribution in [2.45, 2.75) is 0 Å². The SMILES string of the molecule is NC(=S)NN=CC(=O)c1ccc(Br)cc1. The van der Waals surface area contributed by atoms with Gasteiger partial charge in [0.2, 0.25) is 5.78 Å². The van der Waals surface area contributed by atoms with Gasteiger partial charge in [-0.3, -0.25) is 10.2 Å². The lowest BCUT2D eigenvalue weighted by Gasteiger charge is -1.96. The highest BCUT2D eigenvalue weighted by molar-refractivity contribution is 9.10. The van der Waals surface area contributed by atoms with Crippen LogP contribution in [0.5, 0.6) is 0 Å². The minimum Gasteiger partial charge on any atom is -0.375 e. The summed E-state index contributed by atoms with van der Waals surface area (Å²) in [6, 6.07) is 6.95. The van der Waals surface area contributed by atoms with E-state index in [9.17, 15) is 4.79 Å². The highest BCUT2D eigenvalue weighted by Gasteiger charge is 2.01. The Morgan fingerprint density at radius 2 is 2.07 bits per heavy atom. The van der Waals surface area contributed by atoms with Crippen molar-refractivity contribution in [3.63, 3.8) is 0 Å². The quantitative estimate of drug-likeness (QED) is 0.382. The first kappa shape index (κ1) is 11.8. The minimum absolute atomic E-state index is 0.0230. The van der Waals surface area contributed by atoms with E-state index in [0.29, 0.717) is 5.56 Å². The molecule has 0 amide bonds. The molecule has 3 N–H and O–H groups in total. The van der Waals surface area contributed by atoms with Crippen LogP contribution >= 0.6 is 28.1 Å². The molecular formula is C9H8BrN3OS. The van der Waals surface area contributed by atoms with Crippen molar-refractivity contribution in [3.8, 4) is 0 Å². The van der Waals surface area contributed by atoms with Crippen LogP contribution in [0.4, 0.5) is 0 Å². The molecule has 0 fully saturated rings. The van der Waals surface area contributed by atoms with Crippen LogP contribution in [0, 0.1) is 0 Å². The first-order valence-corrected chi connectivity index (χ1v) is 5.18. The van der Waals surface area contributed by atoms with Crippen LogP contribution in [-0.2, 0) is 0 Å². The zero-order valence-electron chi connectivity index (χ0n) is 7.61. The molecule has 0 spiro atoms. The maximum Gasteiger partial charge on any atom is 0.205 e. The number of hydrogen-bond donors (Lipinski definition) is 2. The molecule has 78 valence electrons. The summed E-state index contributed by atoms with van der Waals surface area (Å²) in [5, 5.41) is 3.59. The number of benzene rings is 1. The van der Waals surface area contributed by atoms with Crippen LogP contribution in [0.25, 0.3) is 0 Å². The molecule has 1 rings (SSSR count). The molecule has 1 aromatic carbocycles. The summed E-state index contributed by atoms with van der Waals surface area (Å²) in [4.78, 5) is 11.4. The third kappa shape index (κ3) is 4.18. The number of carbonyl (C=O) groups excluding carboxylic acids is 1. The number of hydrazone groups is 1. The van der Waals surface area contributed by atoms with Gasteiger partial charge in [0.05, 0.1) is 6.21 Å². The van der Waals surface area contributed by atoms with E-state index in [0.717, 1.165) is 10.7 Å². The number of Topliss-reactive ketones (excluding diaryl/α,β-unsaturated/α-hetero) is 1. The summed E-state index contributed by atoms with van der Waals surface area (Å²) in [6.45, 7) is 0. The van der Waals surface area contributed by atoms with Crippen LogP contribution in [0.3, 0.4) is 0 Å². The first-order valence-electron chi connectivity index (χ1n) is 3.98. The van der Waals surface area contributed by atoms with Crippen molar-refractivity contribution in [1.29, 1.82) is 0 Å². The van der Waals surface area contributed by atoms with E-state index < -0.39 is 0 Å². The summed E-state index contributed by atoms with van der Waals surface area (Å²) in [6.07, 6.45) is 1.13. The van der Waals surface area contributed by atoms with Crippen LogP contribution in [0.1, 0.15) is 10.4 Å². The number of nitrogens with zero attached hydrogens (tertiary/aromatic N) is 1. The lowest BCUT2D eigenvalue weighted by Crippen LogP contribution is -2.24. The maximum absolute atomic E-state index is 11.4. The maximum atomic E-state index is 11.4. The fourth-order valence-corrected chi connectivity index (χ4v) is 1.16. The standard InChI is InChI=1S/C9H8BrN3OS/c10-7-3-1-6(2-4-7)8(14)5-12-13-9(11)15/h1-5H,(H3,11,13,15). The Kier molecular flexibility index (Phi) is 4.38. The second-order valence-electron chi connectivity index (χ2n) is 2.61. The molecule has 4 nitrogen and oxygen atoms in total. The van der Waals surface area contributed by atoms with Crippen molar-refractivity contribution in [2.24, 2.45) is 10.8 Å². The van der Waals surface area contributed by atoms with Gasteiger partial charge in [0.1, 0.15) is 0 Å². The smallest absolute Gasteiger partial charge is 0.205 e. The third-order valence-electron chi connectivity index (χ3n) is 1.49. The lowest BCUT2D eigenvalue weighted by molar-refractivity contribution is 0.107. The van der Waals surface area contributed by atoms with E-state index in [1.165, 1.54) is 0 Å². The molecule has 1 aromatic rings. The molecular weight excluding hydrogens is 278 g/mol. The Morgan fingerprint density at radius 3 is 2.60 bits per heavy atom. The Morgan fingerprint density at radius 1 is 1.47 bits per heavy atom. The molecule has 0 atom stereocenters. The largest absolute Gasteiger partial charge is 0.375 e. The summed E-state index contributed by atoms with van der Waals surface area (Å²) in [7, 11) is 0. The number of nitrogens with one attached hydrogen (secondary N) is 1. The number of thiocarbonyl (C=S) groups is 1. The molecule has 0 unspecified atom stereocenters. The van der Waals surface area contributed by atoms with Gasteiger partial charge in [0, 0.05) is 10.0 Å². The number of ketones is 1. The molecule has 6 heteroatoms. The fourth-order valence-electron chi connectivity index (χ4n) is 0.843. The monoisotopic (exact) mass is 285 g/mol. The predicted octanol–water partition coefficient (Wildman–Crippen LogP) is 1.45. The summed E-state index contributed by atoms with van der Waals surface area (Å²) in [5.74, 6) is -0.216. The van der Waals surface area contributed by atoms with Gasteiger partial charge in [-0.2, -0.15) is 5.10 Å². The van der Waals surface area contributed by atoms with Crippen molar-refractivity contribution in [1.82, 2.24) is 5.43 Å². The molecule has 0 heterocycles. The summed E-state index contributed by atoms with van der Waals surface area (Å²) in [5.41, 5.74) is 7.98. The number of rotatable bonds is 3. The zero-order chi connectivity index (χ0) is 11.3. The number of halogens is 1. The number of carbonyl (C=O) groups is 1. The van der Waals surface area contributed by atoms with Gasteiger partial charge in [-0.1, -0.05) is 15.9 Å². The first-order chi connectivity index (χ1) is 7.09. The Hall–Kier alpha value is -1.27. The van der Waals surface area contributed by atoms with Gasteiger partial charge >= 0.3 is 0 Å². The van der Waals surface area contributed by atoms with E-state index in [1.54, 1.807) is 24.3 Å². The number of hydrogen-bond acceptors (Lipinski definition) is 3. The molecule has 0 aliphatic heterocycles. The summed E-state index contributed by atoms with van der Waals surface area (Å²) < 4.78 is 0.914. The fraction of sp³-hybridized carbons (Fsp3) is 0. The Balaban J connectivity index is 2.65. The number of nitrogens with two attached hydrogens (primary N) is 1. The topological polar surface area (TPSA) is 67.5 Å². The van der Waals surface area contributed by atoms with Gasteiger partial charge < -0.3 is 5.73 Å². The molecule has 0 aromatic heterocycles. The molecule has 15 heavy (non-hydrogen) atoms. The van der Waals surface area contributed by atoms with Gasteiger partial charge in [-0.25, -0.2) is 0 Å².